The number of hydrazone groups is 1. The van der Waals surface area contributed by atoms with Gasteiger partial charge in [0, 0.05) is 0 Å². The van der Waals surface area contributed by atoms with Gasteiger partial charge in [-0.05, 0) is 48.9 Å². The molecule has 0 aliphatic rings. The number of amides is 1. The van der Waals surface area contributed by atoms with Crippen molar-refractivity contribution in [3.8, 4) is 5.75 Å². The van der Waals surface area contributed by atoms with Gasteiger partial charge in [0.25, 0.3) is 5.91 Å². The zero-order valence-electron chi connectivity index (χ0n) is 17.7. The SMILES string of the molecule is COc1ccccc1NCC(=O)N/N=C(\C)c1ccc(S(=O)(=O)NCc2ccco2)cc1. The van der Waals surface area contributed by atoms with Crippen LogP contribution in [0.2, 0.25) is 0 Å². The molecule has 0 saturated heterocycles. The van der Waals surface area contributed by atoms with Crippen LogP contribution in [0.25, 0.3) is 0 Å². The van der Waals surface area contributed by atoms with Crippen molar-refractivity contribution in [1.82, 2.24) is 10.1 Å². The van der Waals surface area contributed by atoms with Crippen molar-refractivity contribution < 1.29 is 22.4 Å². The van der Waals surface area contributed by atoms with Gasteiger partial charge >= 0.3 is 0 Å². The fourth-order valence-electron chi connectivity index (χ4n) is 2.75. The number of furan rings is 1. The summed E-state index contributed by atoms with van der Waals surface area (Å²) in [6.07, 6.45) is 1.48. The average Bonchev–Trinajstić information content (AvgIpc) is 3.34. The Morgan fingerprint density at radius 1 is 1.06 bits per heavy atom. The van der Waals surface area contributed by atoms with Crippen molar-refractivity contribution in [2.75, 3.05) is 19.0 Å². The van der Waals surface area contributed by atoms with E-state index in [1.165, 1.54) is 18.4 Å². The molecular weight excluding hydrogens is 432 g/mol. The van der Waals surface area contributed by atoms with Crippen LogP contribution in [0.3, 0.4) is 0 Å². The third-order valence-electron chi connectivity index (χ3n) is 4.49. The molecule has 0 spiro atoms. The van der Waals surface area contributed by atoms with Gasteiger partial charge in [0.2, 0.25) is 10.0 Å². The number of rotatable bonds is 10. The first-order chi connectivity index (χ1) is 15.4. The van der Waals surface area contributed by atoms with Gasteiger partial charge in [-0.15, -0.1) is 0 Å². The van der Waals surface area contributed by atoms with Crippen LogP contribution >= 0.6 is 0 Å². The van der Waals surface area contributed by atoms with Gasteiger partial charge < -0.3 is 14.5 Å². The molecule has 32 heavy (non-hydrogen) atoms. The molecule has 1 heterocycles. The molecule has 0 bridgehead atoms. The highest BCUT2D eigenvalue weighted by Gasteiger charge is 2.14. The summed E-state index contributed by atoms with van der Waals surface area (Å²) in [6.45, 7) is 1.79. The third kappa shape index (κ3) is 6.19. The quantitative estimate of drug-likeness (QED) is 0.319. The van der Waals surface area contributed by atoms with Gasteiger partial charge in [-0.3, -0.25) is 4.79 Å². The largest absolute Gasteiger partial charge is 0.495 e. The smallest absolute Gasteiger partial charge is 0.259 e. The summed E-state index contributed by atoms with van der Waals surface area (Å²) in [5.41, 5.74) is 4.38. The highest BCUT2D eigenvalue weighted by Crippen LogP contribution is 2.22. The molecule has 2 aromatic carbocycles. The Bertz CT molecular complexity index is 1170. The second-order valence-corrected chi connectivity index (χ2v) is 8.48. The first-order valence-corrected chi connectivity index (χ1v) is 11.2. The van der Waals surface area contributed by atoms with Gasteiger partial charge in [0.15, 0.2) is 0 Å². The maximum atomic E-state index is 12.4. The number of carbonyl (C=O) groups is 1. The molecule has 0 fully saturated rings. The Balaban J connectivity index is 1.55. The van der Waals surface area contributed by atoms with E-state index in [1.54, 1.807) is 50.4 Å². The van der Waals surface area contributed by atoms with E-state index in [0.717, 1.165) is 0 Å². The third-order valence-corrected chi connectivity index (χ3v) is 5.91. The molecule has 1 amide bonds. The van der Waals surface area contributed by atoms with Crippen molar-refractivity contribution >= 4 is 27.3 Å². The Hall–Kier alpha value is -3.63. The van der Waals surface area contributed by atoms with Crippen LogP contribution in [0.15, 0.2) is 81.3 Å². The highest BCUT2D eigenvalue weighted by atomic mass is 32.2. The minimum Gasteiger partial charge on any atom is -0.495 e. The van der Waals surface area contributed by atoms with Crippen LogP contribution in [-0.4, -0.2) is 33.7 Å². The van der Waals surface area contributed by atoms with Crippen LogP contribution in [0, 0.1) is 0 Å². The van der Waals surface area contributed by atoms with Crippen molar-refractivity contribution in [1.29, 1.82) is 0 Å². The lowest BCUT2D eigenvalue weighted by molar-refractivity contribution is -0.119. The van der Waals surface area contributed by atoms with Gasteiger partial charge in [-0.25, -0.2) is 18.6 Å². The number of sulfonamides is 1. The molecule has 0 saturated carbocycles. The van der Waals surface area contributed by atoms with Gasteiger partial charge in [-0.2, -0.15) is 5.10 Å². The van der Waals surface area contributed by atoms with Crippen molar-refractivity contribution in [3.63, 3.8) is 0 Å². The fraction of sp³-hybridized carbons (Fsp3) is 0.182. The molecule has 1 aromatic heterocycles. The number of para-hydroxylation sites is 2. The molecule has 9 nitrogen and oxygen atoms in total. The first-order valence-electron chi connectivity index (χ1n) is 9.71. The number of nitrogens with zero attached hydrogens (tertiary/aromatic N) is 1. The summed E-state index contributed by atoms with van der Waals surface area (Å²) in [7, 11) is -2.13. The number of ether oxygens (including phenoxy) is 1. The molecule has 0 aliphatic heterocycles. The molecule has 10 heteroatoms. The van der Waals surface area contributed by atoms with Gasteiger partial charge in [0.1, 0.15) is 11.5 Å². The summed E-state index contributed by atoms with van der Waals surface area (Å²) in [4.78, 5) is 12.2. The van der Waals surface area contributed by atoms with E-state index in [9.17, 15) is 13.2 Å². The van der Waals surface area contributed by atoms with Crippen molar-refractivity contribution in [2.24, 2.45) is 5.10 Å². The Morgan fingerprint density at radius 2 is 1.81 bits per heavy atom. The van der Waals surface area contributed by atoms with E-state index in [2.05, 4.69) is 20.6 Å². The fourth-order valence-corrected chi connectivity index (χ4v) is 3.75. The highest BCUT2D eigenvalue weighted by molar-refractivity contribution is 7.89. The minimum absolute atomic E-state index is 0.00960. The lowest BCUT2D eigenvalue weighted by Crippen LogP contribution is -2.27. The second kappa shape index (κ2) is 10.6. The zero-order valence-corrected chi connectivity index (χ0v) is 18.5. The molecule has 3 rings (SSSR count). The van der Waals surface area contributed by atoms with Crippen molar-refractivity contribution in [3.05, 3.63) is 78.3 Å². The standard InChI is InChI=1S/C22H24N4O5S/c1-16(25-26-22(27)15-23-20-7-3-4-8-21(20)30-2)17-9-11-19(12-10-17)32(28,29)24-14-18-6-5-13-31-18/h3-13,23-24H,14-15H2,1-2H3,(H,26,27)/b25-16+. The summed E-state index contributed by atoms with van der Waals surface area (Å²) in [5, 5.41) is 7.07. The molecular formula is C22H24N4O5S. The van der Waals surface area contributed by atoms with E-state index >= 15 is 0 Å². The van der Waals surface area contributed by atoms with E-state index in [-0.39, 0.29) is 23.9 Å². The number of carbonyl (C=O) groups excluding carboxylic acids is 1. The number of hydrogen-bond acceptors (Lipinski definition) is 7. The van der Waals surface area contributed by atoms with Crippen LogP contribution in [0.4, 0.5) is 5.69 Å². The van der Waals surface area contributed by atoms with E-state index in [0.29, 0.717) is 28.5 Å². The number of anilines is 1. The summed E-state index contributed by atoms with van der Waals surface area (Å²) in [6, 6.07) is 16.8. The number of benzene rings is 2. The first kappa shape index (κ1) is 23.0. The molecule has 0 unspecified atom stereocenters. The monoisotopic (exact) mass is 456 g/mol. The van der Waals surface area contributed by atoms with Gasteiger partial charge in [-0.1, -0.05) is 24.3 Å². The maximum Gasteiger partial charge on any atom is 0.259 e. The van der Waals surface area contributed by atoms with Gasteiger partial charge in [0.05, 0.1) is 42.8 Å². The molecule has 3 N–H and O–H groups in total. The predicted octanol–water partition coefficient (Wildman–Crippen LogP) is 2.72. The van der Waals surface area contributed by atoms with Crippen LogP contribution in [-0.2, 0) is 21.4 Å². The minimum atomic E-state index is -3.68. The topological polar surface area (TPSA) is 122 Å². The van der Waals surface area contributed by atoms with Crippen LogP contribution < -0.4 is 20.2 Å². The average molecular weight is 457 g/mol. The maximum absolute atomic E-state index is 12.4. The van der Waals surface area contributed by atoms with Crippen LogP contribution in [0.5, 0.6) is 5.75 Å². The van der Waals surface area contributed by atoms with Crippen LogP contribution in [0.1, 0.15) is 18.2 Å². The Labute approximate surface area is 186 Å². The van der Waals surface area contributed by atoms with E-state index < -0.39 is 10.0 Å². The molecule has 0 aliphatic carbocycles. The summed E-state index contributed by atoms with van der Waals surface area (Å²) in [5.74, 6) is 0.814. The predicted molar refractivity (Wildman–Crippen MR) is 121 cm³/mol. The molecule has 0 radical (unpaired) electrons. The summed E-state index contributed by atoms with van der Waals surface area (Å²) >= 11 is 0. The normalized spacial score (nSPS) is 11.8. The lowest BCUT2D eigenvalue weighted by Gasteiger charge is -2.10. The lowest BCUT2D eigenvalue weighted by atomic mass is 10.1. The molecule has 0 atom stereocenters. The summed E-state index contributed by atoms with van der Waals surface area (Å²) < 4.78 is 37.6. The number of nitrogens with one attached hydrogen (secondary N) is 3. The van der Waals surface area contributed by atoms with E-state index in [1.807, 2.05) is 12.1 Å². The molecule has 168 valence electrons. The number of methoxy groups -OCH3 is 1. The number of hydrogen-bond donors (Lipinski definition) is 3. The zero-order chi connectivity index (χ0) is 23.0. The van der Waals surface area contributed by atoms with E-state index in [4.69, 9.17) is 9.15 Å². The second-order valence-electron chi connectivity index (χ2n) is 6.71. The Kier molecular flexibility index (Phi) is 7.63. The molecule has 3 aromatic rings. The Morgan fingerprint density at radius 3 is 2.50 bits per heavy atom. The van der Waals surface area contributed by atoms with Crippen molar-refractivity contribution in [2.45, 2.75) is 18.4 Å².